The minimum atomic E-state index is 0.740. The van der Waals surface area contributed by atoms with Crippen molar-refractivity contribution >= 4 is 6.41 Å². The molecule has 0 fully saturated rings. The highest BCUT2D eigenvalue weighted by Crippen LogP contribution is 2.06. The summed E-state index contributed by atoms with van der Waals surface area (Å²) in [5, 5.41) is 0. The highest BCUT2D eigenvalue weighted by molar-refractivity contribution is 5.46. The van der Waals surface area contributed by atoms with Gasteiger partial charge in [0, 0.05) is 13.1 Å². The smallest absolute Gasteiger partial charge is 0.209 e. The van der Waals surface area contributed by atoms with Crippen LogP contribution in [0.1, 0.15) is 40.0 Å². The highest BCUT2D eigenvalue weighted by Gasteiger charge is 2.02. The summed E-state index contributed by atoms with van der Waals surface area (Å²) < 4.78 is 0. The summed E-state index contributed by atoms with van der Waals surface area (Å²) in [5.74, 6) is 0.740. The average Bonchev–Trinajstić information content (AvgIpc) is 2.11. The van der Waals surface area contributed by atoms with Crippen LogP contribution in [0.4, 0.5) is 0 Å². The van der Waals surface area contributed by atoms with Crippen LogP contribution in [0.15, 0.2) is 0 Å². The molecule has 1 amide bonds. The van der Waals surface area contributed by atoms with Crippen molar-refractivity contribution in [1.82, 2.24) is 4.90 Å². The Kier molecular flexibility index (Phi) is 6.82. The molecule has 12 heavy (non-hydrogen) atoms. The van der Waals surface area contributed by atoms with Crippen molar-refractivity contribution in [3.8, 4) is 0 Å². The van der Waals surface area contributed by atoms with E-state index in [9.17, 15) is 4.79 Å². The zero-order chi connectivity index (χ0) is 9.40. The molecule has 0 radical (unpaired) electrons. The predicted octanol–water partition coefficient (Wildman–Crippen LogP) is 2.29. The van der Waals surface area contributed by atoms with Gasteiger partial charge in [-0.05, 0) is 18.8 Å². The zero-order valence-corrected chi connectivity index (χ0v) is 8.55. The maximum Gasteiger partial charge on any atom is 0.209 e. The van der Waals surface area contributed by atoms with E-state index in [1.807, 2.05) is 4.90 Å². The van der Waals surface area contributed by atoms with Gasteiger partial charge in [0.1, 0.15) is 0 Å². The fourth-order valence-corrected chi connectivity index (χ4v) is 1.09. The van der Waals surface area contributed by atoms with E-state index in [0.29, 0.717) is 0 Å². The zero-order valence-electron chi connectivity index (χ0n) is 8.55. The van der Waals surface area contributed by atoms with Crippen LogP contribution in [0.5, 0.6) is 0 Å². The third-order valence-electron chi connectivity index (χ3n) is 2.27. The summed E-state index contributed by atoms with van der Waals surface area (Å²) in [6.45, 7) is 8.34. The van der Waals surface area contributed by atoms with Gasteiger partial charge < -0.3 is 4.90 Å². The maximum absolute atomic E-state index is 10.5. The van der Waals surface area contributed by atoms with Crippen molar-refractivity contribution in [1.29, 1.82) is 0 Å². The average molecular weight is 171 g/mol. The van der Waals surface area contributed by atoms with Crippen LogP contribution in [0.25, 0.3) is 0 Å². The first kappa shape index (κ1) is 11.5. The van der Waals surface area contributed by atoms with E-state index in [4.69, 9.17) is 0 Å². The minimum Gasteiger partial charge on any atom is -0.345 e. The first-order chi connectivity index (χ1) is 5.74. The van der Waals surface area contributed by atoms with Crippen LogP contribution in [0, 0.1) is 5.92 Å². The van der Waals surface area contributed by atoms with Crippen molar-refractivity contribution < 1.29 is 4.79 Å². The summed E-state index contributed by atoms with van der Waals surface area (Å²) in [5.41, 5.74) is 0. The van der Waals surface area contributed by atoms with Crippen LogP contribution in [0.3, 0.4) is 0 Å². The molecule has 1 atom stereocenters. The molecule has 0 aliphatic carbocycles. The molecule has 0 heterocycles. The van der Waals surface area contributed by atoms with Crippen LogP contribution in [-0.2, 0) is 4.79 Å². The topological polar surface area (TPSA) is 20.3 Å². The van der Waals surface area contributed by atoms with Gasteiger partial charge in [-0.1, -0.05) is 27.2 Å². The van der Waals surface area contributed by atoms with E-state index < -0.39 is 0 Å². The van der Waals surface area contributed by atoms with Gasteiger partial charge in [-0.3, -0.25) is 4.79 Å². The van der Waals surface area contributed by atoms with Crippen molar-refractivity contribution in [2.75, 3.05) is 13.1 Å². The lowest BCUT2D eigenvalue weighted by Crippen LogP contribution is -2.25. The third-order valence-corrected chi connectivity index (χ3v) is 2.27. The Balaban J connectivity index is 3.49. The first-order valence-electron chi connectivity index (χ1n) is 4.93. The molecule has 0 N–H and O–H groups in total. The molecule has 0 aromatic rings. The molecule has 0 aromatic heterocycles. The number of carbonyl (C=O) groups is 1. The Labute approximate surface area is 75.9 Å². The van der Waals surface area contributed by atoms with Gasteiger partial charge in [-0.2, -0.15) is 0 Å². The Morgan fingerprint density at radius 2 is 2.00 bits per heavy atom. The monoisotopic (exact) mass is 171 g/mol. The molecule has 0 aromatic carbocycles. The second kappa shape index (κ2) is 7.14. The van der Waals surface area contributed by atoms with Gasteiger partial charge in [0.2, 0.25) is 6.41 Å². The van der Waals surface area contributed by atoms with Crippen molar-refractivity contribution in [3.63, 3.8) is 0 Å². The van der Waals surface area contributed by atoms with Crippen molar-refractivity contribution in [2.45, 2.75) is 40.0 Å². The SMILES string of the molecule is CCCN(C=O)CCC(C)CC. The number of rotatable bonds is 7. The molecule has 0 rings (SSSR count). The molecule has 0 aliphatic rings. The number of carbonyl (C=O) groups excluding carboxylic acids is 1. The molecule has 1 unspecified atom stereocenters. The molecule has 0 aliphatic heterocycles. The van der Waals surface area contributed by atoms with Gasteiger partial charge in [-0.15, -0.1) is 0 Å². The summed E-state index contributed by atoms with van der Waals surface area (Å²) in [7, 11) is 0. The standard InChI is InChI=1S/C10H21NO/c1-4-7-11(9-12)8-6-10(3)5-2/h9-10H,4-8H2,1-3H3. The first-order valence-corrected chi connectivity index (χ1v) is 4.93. The quantitative estimate of drug-likeness (QED) is 0.538. The van der Waals surface area contributed by atoms with Crippen molar-refractivity contribution in [3.05, 3.63) is 0 Å². The predicted molar refractivity (Wildman–Crippen MR) is 52.0 cm³/mol. The fraction of sp³-hybridized carbons (Fsp3) is 0.900. The highest BCUT2D eigenvalue weighted by atomic mass is 16.1. The van der Waals surface area contributed by atoms with Gasteiger partial charge in [0.05, 0.1) is 0 Å². The van der Waals surface area contributed by atoms with Crippen LogP contribution in [-0.4, -0.2) is 24.4 Å². The summed E-state index contributed by atoms with van der Waals surface area (Å²) >= 11 is 0. The lowest BCUT2D eigenvalue weighted by Gasteiger charge is -2.18. The lowest BCUT2D eigenvalue weighted by molar-refractivity contribution is -0.118. The van der Waals surface area contributed by atoms with E-state index in [0.717, 1.165) is 38.3 Å². The number of hydrogen-bond acceptors (Lipinski definition) is 1. The summed E-state index contributed by atoms with van der Waals surface area (Å²) in [4.78, 5) is 12.4. The second-order valence-corrected chi connectivity index (χ2v) is 3.44. The van der Waals surface area contributed by atoms with E-state index >= 15 is 0 Å². The van der Waals surface area contributed by atoms with E-state index in [1.54, 1.807) is 0 Å². The molecular weight excluding hydrogens is 150 g/mol. The Bertz CT molecular complexity index is 114. The molecule has 72 valence electrons. The largest absolute Gasteiger partial charge is 0.345 e. The number of nitrogens with zero attached hydrogens (tertiary/aromatic N) is 1. The van der Waals surface area contributed by atoms with Crippen LogP contribution in [0.2, 0.25) is 0 Å². The van der Waals surface area contributed by atoms with Crippen molar-refractivity contribution in [2.24, 2.45) is 5.92 Å². The molecular formula is C10H21NO. The molecule has 0 saturated heterocycles. The van der Waals surface area contributed by atoms with Crippen LogP contribution < -0.4 is 0 Å². The fourth-order valence-electron chi connectivity index (χ4n) is 1.09. The molecule has 0 saturated carbocycles. The normalized spacial score (nSPS) is 12.6. The summed E-state index contributed by atoms with van der Waals surface area (Å²) in [6.07, 6.45) is 4.36. The number of amides is 1. The second-order valence-electron chi connectivity index (χ2n) is 3.44. The van der Waals surface area contributed by atoms with Crippen LogP contribution >= 0.6 is 0 Å². The maximum atomic E-state index is 10.5. The lowest BCUT2D eigenvalue weighted by atomic mass is 10.1. The molecule has 0 bridgehead atoms. The summed E-state index contributed by atoms with van der Waals surface area (Å²) in [6, 6.07) is 0. The van der Waals surface area contributed by atoms with Gasteiger partial charge in [0.25, 0.3) is 0 Å². The van der Waals surface area contributed by atoms with Gasteiger partial charge in [0.15, 0.2) is 0 Å². The molecule has 2 nitrogen and oxygen atoms in total. The Morgan fingerprint density at radius 1 is 1.33 bits per heavy atom. The van der Waals surface area contributed by atoms with E-state index in [-0.39, 0.29) is 0 Å². The molecule has 2 heteroatoms. The van der Waals surface area contributed by atoms with E-state index in [1.165, 1.54) is 6.42 Å². The van der Waals surface area contributed by atoms with Gasteiger partial charge in [-0.25, -0.2) is 0 Å². The molecule has 0 spiro atoms. The number of hydrogen-bond donors (Lipinski definition) is 0. The third kappa shape index (κ3) is 5.16. The minimum absolute atomic E-state index is 0.740. The van der Waals surface area contributed by atoms with E-state index in [2.05, 4.69) is 20.8 Å². The van der Waals surface area contributed by atoms with Gasteiger partial charge >= 0.3 is 0 Å². The Morgan fingerprint density at radius 3 is 2.42 bits per heavy atom. The Hall–Kier alpha value is -0.530.